The molecule has 338 valence electrons. The van der Waals surface area contributed by atoms with Crippen LogP contribution in [-0.2, 0) is 28.6 Å². The molecule has 0 saturated carbocycles. The monoisotopic (exact) mass is 815 g/mol. The maximum Gasteiger partial charge on any atom is 0.306 e. The topological polar surface area (TPSA) is 78.9 Å². The molecule has 0 radical (unpaired) electrons. The minimum Gasteiger partial charge on any atom is -0.462 e. The van der Waals surface area contributed by atoms with E-state index < -0.39 is 6.10 Å². The zero-order valence-corrected chi connectivity index (χ0v) is 38.6. The maximum absolute atomic E-state index is 12.7. The first-order chi connectivity index (χ1) is 28.5. The van der Waals surface area contributed by atoms with Crippen LogP contribution in [0.25, 0.3) is 0 Å². The molecule has 0 aromatic heterocycles. The fraction of sp³-hybridized carbons (Fsp3) is 0.827. The highest BCUT2D eigenvalue weighted by Crippen LogP contribution is 2.15. The fourth-order valence-corrected chi connectivity index (χ4v) is 7.08. The molecule has 0 heterocycles. The summed E-state index contributed by atoms with van der Waals surface area (Å²) in [7, 11) is 0. The van der Waals surface area contributed by atoms with Crippen LogP contribution in [0.1, 0.15) is 258 Å². The number of esters is 3. The van der Waals surface area contributed by atoms with Gasteiger partial charge in [0.15, 0.2) is 6.10 Å². The maximum atomic E-state index is 12.7. The molecule has 0 saturated heterocycles. The zero-order chi connectivity index (χ0) is 42.3. The van der Waals surface area contributed by atoms with Gasteiger partial charge in [0.2, 0.25) is 0 Å². The van der Waals surface area contributed by atoms with Gasteiger partial charge in [0.25, 0.3) is 0 Å². The van der Waals surface area contributed by atoms with Gasteiger partial charge >= 0.3 is 17.9 Å². The molecule has 6 nitrogen and oxygen atoms in total. The molecule has 0 rings (SSSR count). The summed E-state index contributed by atoms with van der Waals surface area (Å²) in [6.07, 6.45) is 54.2. The lowest BCUT2D eigenvalue weighted by Gasteiger charge is -2.18. The molecule has 0 N–H and O–H groups in total. The van der Waals surface area contributed by atoms with Crippen LogP contribution in [-0.4, -0.2) is 37.2 Å². The van der Waals surface area contributed by atoms with Gasteiger partial charge in [-0.1, -0.05) is 211 Å². The predicted molar refractivity (Wildman–Crippen MR) is 247 cm³/mol. The van der Waals surface area contributed by atoms with Crippen LogP contribution in [0.3, 0.4) is 0 Å². The zero-order valence-electron chi connectivity index (χ0n) is 38.6. The van der Waals surface area contributed by atoms with Gasteiger partial charge in [0.1, 0.15) is 13.2 Å². The van der Waals surface area contributed by atoms with E-state index in [1.807, 2.05) is 0 Å². The van der Waals surface area contributed by atoms with Crippen LogP contribution < -0.4 is 0 Å². The SMILES string of the molecule is CCCCCC/C=C\CCCC(=O)OCC(COC(=O)CCCCCCC/C=C\C=C/CCCCCCCCC)OC(=O)CCCCCCCCCCCCCCC. The smallest absolute Gasteiger partial charge is 0.306 e. The molecule has 0 aliphatic carbocycles. The minimum atomic E-state index is -0.784. The Morgan fingerprint density at radius 1 is 0.345 bits per heavy atom. The molecule has 0 fully saturated rings. The second kappa shape index (κ2) is 47.3. The van der Waals surface area contributed by atoms with Crippen molar-refractivity contribution in [1.29, 1.82) is 0 Å². The van der Waals surface area contributed by atoms with E-state index in [1.165, 1.54) is 141 Å². The molecule has 0 aromatic rings. The van der Waals surface area contributed by atoms with Crippen LogP contribution in [0.5, 0.6) is 0 Å². The highest BCUT2D eigenvalue weighted by molar-refractivity contribution is 5.71. The van der Waals surface area contributed by atoms with E-state index in [2.05, 4.69) is 57.2 Å². The fourth-order valence-electron chi connectivity index (χ4n) is 7.08. The van der Waals surface area contributed by atoms with Crippen molar-refractivity contribution < 1.29 is 28.6 Å². The van der Waals surface area contributed by atoms with E-state index >= 15 is 0 Å². The van der Waals surface area contributed by atoms with Gasteiger partial charge in [-0.3, -0.25) is 14.4 Å². The van der Waals surface area contributed by atoms with Crippen molar-refractivity contribution in [2.45, 2.75) is 264 Å². The summed E-state index contributed by atoms with van der Waals surface area (Å²) in [5, 5.41) is 0. The first kappa shape index (κ1) is 55.6. The molecule has 1 unspecified atom stereocenters. The van der Waals surface area contributed by atoms with Gasteiger partial charge in [-0.15, -0.1) is 0 Å². The van der Waals surface area contributed by atoms with Crippen molar-refractivity contribution in [3.8, 4) is 0 Å². The molecule has 0 bridgehead atoms. The molecule has 0 amide bonds. The average Bonchev–Trinajstić information content (AvgIpc) is 3.22. The lowest BCUT2D eigenvalue weighted by molar-refractivity contribution is -0.167. The highest BCUT2D eigenvalue weighted by Gasteiger charge is 2.19. The number of ether oxygens (including phenoxy) is 3. The third kappa shape index (κ3) is 44.7. The second-order valence-electron chi connectivity index (χ2n) is 16.8. The Bertz CT molecular complexity index is 984. The molecule has 58 heavy (non-hydrogen) atoms. The van der Waals surface area contributed by atoms with E-state index in [0.29, 0.717) is 19.3 Å². The quantitative estimate of drug-likeness (QED) is 0.0200. The summed E-state index contributed by atoms with van der Waals surface area (Å²) in [4.78, 5) is 37.8. The van der Waals surface area contributed by atoms with Crippen molar-refractivity contribution >= 4 is 17.9 Å². The Hall–Kier alpha value is -2.37. The summed E-state index contributed by atoms with van der Waals surface area (Å²) < 4.78 is 16.7. The number of allylic oxidation sites excluding steroid dienone is 6. The number of rotatable bonds is 45. The predicted octanol–water partition coefficient (Wildman–Crippen LogP) is 16.1. The Balaban J connectivity index is 4.34. The molecule has 0 aromatic carbocycles. The molecule has 0 aliphatic rings. The number of carbonyl (C=O) groups is 3. The van der Waals surface area contributed by atoms with Gasteiger partial charge < -0.3 is 14.2 Å². The third-order valence-corrected chi connectivity index (χ3v) is 10.9. The van der Waals surface area contributed by atoms with E-state index in [1.54, 1.807) is 0 Å². The standard InChI is InChI=1S/C52H94O6/c1-4-7-10-13-16-19-21-23-24-25-26-27-29-30-33-36-39-42-45-51(54)57-48-49(47-56-50(53)44-41-38-35-32-18-15-12-9-6-3)58-52(55)46-43-40-37-34-31-28-22-20-17-14-11-8-5-2/h24-27,32,35,49H,4-23,28-31,33-34,36-48H2,1-3H3/b25-24-,27-26-,35-32-. The number of hydrogen-bond donors (Lipinski definition) is 0. The van der Waals surface area contributed by atoms with Crippen molar-refractivity contribution in [3.63, 3.8) is 0 Å². The van der Waals surface area contributed by atoms with Crippen molar-refractivity contribution in [2.75, 3.05) is 13.2 Å². The van der Waals surface area contributed by atoms with Crippen LogP contribution in [0, 0.1) is 0 Å². The van der Waals surface area contributed by atoms with Crippen LogP contribution in [0.4, 0.5) is 0 Å². The first-order valence-electron chi connectivity index (χ1n) is 25.0. The van der Waals surface area contributed by atoms with Crippen molar-refractivity contribution in [2.24, 2.45) is 0 Å². The second-order valence-corrected chi connectivity index (χ2v) is 16.8. The van der Waals surface area contributed by atoms with Crippen LogP contribution >= 0.6 is 0 Å². The van der Waals surface area contributed by atoms with E-state index in [9.17, 15) is 14.4 Å². The molecular formula is C52H94O6. The summed E-state index contributed by atoms with van der Waals surface area (Å²) in [5.41, 5.74) is 0. The summed E-state index contributed by atoms with van der Waals surface area (Å²) >= 11 is 0. The molecule has 1 atom stereocenters. The normalized spacial score (nSPS) is 12.3. The van der Waals surface area contributed by atoms with Gasteiger partial charge in [-0.05, 0) is 64.2 Å². The third-order valence-electron chi connectivity index (χ3n) is 10.9. The molecular weight excluding hydrogens is 721 g/mol. The number of hydrogen-bond acceptors (Lipinski definition) is 6. The Labute approximate surface area is 359 Å². The summed E-state index contributed by atoms with van der Waals surface area (Å²) in [5.74, 6) is -0.929. The summed E-state index contributed by atoms with van der Waals surface area (Å²) in [6.45, 7) is 6.57. The Kier molecular flexibility index (Phi) is 45.4. The van der Waals surface area contributed by atoms with Gasteiger partial charge in [0.05, 0.1) is 0 Å². The molecule has 0 aliphatic heterocycles. The van der Waals surface area contributed by atoms with Gasteiger partial charge in [-0.2, -0.15) is 0 Å². The lowest BCUT2D eigenvalue weighted by Crippen LogP contribution is -2.30. The van der Waals surface area contributed by atoms with Gasteiger partial charge in [-0.25, -0.2) is 0 Å². The summed E-state index contributed by atoms with van der Waals surface area (Å²) in [6, 6.07) is 0. The number of carbonyl (C=O) groups excluding carboxylic acids is 3. The van der Waals surface area contributed by atoms with E-state index in [-0.39, 0.29) is 31.1 Å². The van der Waals surface area contributed by atoms with Crippen LogP contribution in [0.15, 0.2) is 36.5 Å². The minimum absolute atomic E-state index is 0.0863. The van der Waals surface area contributed by atoms with E-state index in [4.69, 9.17) is 14.2 Å². The largest absolute Gasteiger partial charge is 0.462 e. The van der Waals surface area contributed by atoms with Gasteiger partial charge in [0, 0.05) is 19.3 Å². The highest BCUT2D eigenvalue weighted by atomic mass is 16.6. The average molecular weight is 815 g/mol. The van der Waals surface area contributed by atoms with Crippen LogP contribution in [0.2, 0.25) is 0 Å². The van der Waals surface area contributed by atoms with Crippen molar-refractivity contribution in [1.82, 2.24) is 0 Å². The Morgan fingerprint density at radius 2 is 0.638 bits per heavy atom. The first-order valence-corrected chi connectivity index (χ1v) is 25.0. The Morgan fingerprint density at radius 3 is 1.05 bits per heavy atom. The molecule has 6 heteroatoms. The van der Waals surface area contributed by atoms with Crippen molar-refractivity contribution in [3.05, 3.63) is 36.5 Å². The van der Waals surface area contributed by atoms with E-state index in [0.717, 1.165) is 77.0 Å². The lowest BCUT2D eigenvalue weighted by atomic mass is 10.0. The number of unbranched alkanes of at least 4 members (excludes halogenated alkanes) is 29. The molecule has 0 spiro atoms.